The molecule has 0 aromatic heterocycles. The SMILES string of the molecule is CC(C)c1ccc(S(=O)CC(N)C(=O)O)cc1. The maximum atomic E-state index is 11.8. The van der Waals surface area contributed by atoms with Gasteiger partial charge in [-0.25, -0.2) is 0 Å². The van der Waals surface area contributed by atoms with Gasteiger partial charge < -0.3 is 10.8 Å². The van der Waals surface area contributed by atoms with E-state index in [1.54, 1.807) is 12.1 Å². The number of aliphatic carboxylic acids is 1. The molecule has 0 saturated heterocycles. The van der Waals surface area contributed by atoms with E-state index in [-0.39, 0.29) is 5.75 Å². The summed E-state index contributed by atoms with van der Waals surface area (Å²) in [5, 5.41) is 8.64. The van der Waals surface area contributed by atoms with Gasteiger partial charge in [-0.1, -0.05) is 26.0 Å². The number of carboxylic acids is 1. The minimum atomic E-state index is -1.36. The van der Waals surface area contributed by atoms with Gasteiger partial charge in [-0.2, -0.15) is 0 Å². The molecule has 0 aliphatic carbocycles. The van der Waals surface area contributed by atoms with Gasteiger partial charge in [-0.05, 0) is 23.6 Å². The zero-order valence-electron chi connectivity index (χ0n) is 9.92. The average Bonchev–Trinajstić information content (AvgIpc) is 2.28. The third kappa shape index (κ3) is 3.94. The largest absolute Gasteiger partial charge is 0.480 e. The molecule has 0 amide bonds. The highest BCUT2D eigenvalue weighted by atomic mass is 32.2. The fraction of sp³-hybridized carbons (Fsp3) is 0.417. The number of hydrogen-bond acceptors (Lipinski definition) is 3. The second kappa shape index (κ2) is 5.93. The molecule has 1 rings (SSSR count). The number of carbonyl (C=O) groups is 1. The van der Waals surface area contributed by atoms with Crippen molar-refractivity contribution in [1.29, 1.82) is 0 Å². The molecule has 0 aliphatic heterocycles. The van der Waals surface area contributed by atoms with Crippen molar-refractivity contribution in [2.45, 2.75) is 30.7 Å². The molecule has 0 radical (unpaired) electrons. The van der Waals surface area contributed by atoms with Crippen molar-refractivity contribution < 1.29 is 14.1 Å². The molecule has 0 spiro atoms. The van der Waals surface area contributed by atoms with Gasteiger partial charge in [0, 0.05) is 4.90 Å². The van der Waals surface area contributed by atoms with Crippen LogP contribution in [0.5, 0.6) is 0 Å². The highest BCUT2D eigenvalue weighted by molar-refractivity contribution is 7.85. The third-order valence-corrected chi connectivity index (χ3v) is 3.92. The lowest BCUT2D eigenvalue weighted by Crippen LogP contribution is -2.35. The first kappa shape index (κ1) is 13.9. The fourth-order valence-corrected chi connectivity index (χ4v) is 2.44. The van der Waals surface area contributed by atoms with Crippen LogP contribution in [0.1, 0.15) is 25.3 Å². The molecule has 2 unspecified atom stereocenters. The quantitative estimate of drug-likeness (QED) is 0.831. The Balaban J connectivity index is 2.73. The average molecular weight is 255 g/mol. The molecular formula is C12H17NO3S. The van der Waals surface area contributed by atoms with Crippen LogP contribution in [0.4, 0.5) is 0 Å². The summed E-state index contributed by atoms with van der Waals surface area (Å²) in [6, 6.07) is 6.26. The fourth-order valence-electron chi connectivity index (χ4n) is 1.34. The molecule has 2 atom stereocenters. The van der Waals surface area contributed by atoms with Gasteiger partial charge in [0.25, 0.3) is 0 Å². The second-order valence-electron chi connectivity index (χ2n) is 4.18. The monoisotopic (exact) mass is 255 g/mol. The summed E-state index contributed by atoms with van der Waals surface area (Å²) in [6.45, 7) is 4.15. The topological polar surface area (TPSA) is 80.4 Å². The molecule has 0 aliphatic rings. The van der Waals surface area contributed by atoms with Crippen molar-refractivity contribution in [1.82, 2.24) is 0 Å². The number of rotatable bonds is 5. The van der Waals surface area contributed by atoms with Crippen molar-refractivity contribution in [2.75, 3.05) is 5.75 Å². The lowest BCUT2D eigenvalue weighted by Gasteiger charge is -2.08. The standard InChI is InChI=1S/C12H17NO3S/c1-8(2)9-3-5-10(6-4-9)17(16)7-11(13)12(14)15/h3-6,8,11H,7,13H2,1-2H3,(H,14,15). The van der Waals surface area contributed by atoms with Crippen LogP contribution in [0, 0.1) is 0 Å². The molecule has 17 heavy (non-hydrogen) atoms. The van der Waals surface area contributed by atoms with Crippen molar-refractivity contribution in [3.8, 4) is 0 Å². The van der Waals surface area contributed by atoms with E-state index in [9.17, 15) is 9.00 Å². The molecule has 4 nitrogen and oxygen atoms in total. The van der Waals surface area contributed by atoms with Gasteiger partial charge in [0.15, 0.2) is 0 Å². The molecular weight excluding hydrogens is 238 g/mol. The van der Waals surface area contributed by atoms with E-state index in [2.05, 4.69) is 13.8 Å². The van der Waals surface area contributed by atoms with Crippen LogP contribution in [-0.2, 0) is 15.6 Å². The predicted molar refractivity (Wildman–Crippen MR) is 67.4 cm³/mol. The molecule has 0 heterocycles. The molecule has 5 heteroatoms. The van der Waals surface area contributed by atoms with Crippen LogP contribution in [0.2, 0.25) is 0 Å². The Morgan fingerprint density at radius 3 is 2.29 bits per heavy atom. The van der Waals surface area contributed by atoms with Crippen LogP contribution in [0.25, 0.3) is 0 Å². The van der Waals surface area contributed by atoms with Crippen LogP contribution < -0.4 is 5.73 Å². The molecule has 94 valence electrons. The summed E-state index contributed by atoms with van der Waals surface area (Å²) in [6.07, 6.45) is 0. The minimum absolute atomic E-state index is 0.0592. The summed E-state index contributed by atoms with van der Waals surface area (Å²) < 4.78 is 11.8. The molecule has 3 N–H and O–H groups in total. The Morgan fingerprint density at radius 2 is 1.88 bits per heavy atom. The van der Waals surface area contributed by atoms with E-state index in [4.69, 9.17) is 10.8 Å². The highest BCUT2D eigenvalue weighted by Gasteiger charge is 2.16. The summed E-state index contributed by atoms with van der Waals surface area (Å²) >= 11 is 0. The van der Waals surface area contributed by atoms with E-state index in [1.165, 1.54) is 0 Å². The van der Waals surface area contributed by atoms with Crippen molar-refractivity contribution in [3.63, 3.8) is 0 Å². The Hall–Kier alpha value is -1.20. The van der Waals surface area contributed by atoms with Gasteiger partial charge in [0.1, 0.15) is 6.04 Å². The first-order chi connectivity index (χ1) is 7.91. The number of benzene rings is 1. The summed E-state index contributed by atoms with van der Waals surface area (Å²) in [5.74, 6) is -0.771. The lowest BCUT2D eigenvalue weighted by molar-refractivity contribution is -0.137. The summed E-state index contributed by atoms with van der Waals surface area (Å²) in [4.78, 5) is 11.2. The zero-order chi connectivity index (χ0) is 13.0. The van der Waals surface area contributed by atoms with E-state index < -0.39 is 22.8 Å². The summed E-state index contributed by atoms with van der Waals surface area (Å²) in [7, 11) is -1.36. The van der Waals surface area contributed by atoms with E-state index in [1.807, 2.05) is 12.1 Å². The van der Waals surface area contributed by atoms with Crippen LogP contribution >= 0.6 is 0 Å². The Morgan fingerprint density at radius 1 is 1.35 bits per heavy atom. The Kier molecular flexibility index (Phi) is 4.84. The summed E-state index contributed by atoms with van der Waals surface area (Å²) in [5.41, 5.74) is 6.50. The Labute approximate surface area is 103 Å². The maximum absolute atomic E-state index is 11.8. The van der Waals surface area contributed by atoms with Crippen LogP contribution in [-0.4, -0.2) is 27.1 Å². The van der Waals surface area contributed by atoms with Gasteiger partial charge in [-0.3, -0.25) is 9.00 Å². The molecule has 1 aromatic carbocycles. The smallest absolute Gasteiger partial charge is 0.321 e. The van der Waals surface area contributed by atoms with Crippen molar-refractivity contribution in [2.24, 2.45) is 5.73 Å². The lowest BCUT2D eigenvalue weighted by atomic mass is 10.0. The minimum Gasteiger partial charge on any atom is -0.480 e. The second-order valence-corrected chi connectivity index (χ2v) is 5.68. The molecule has 0 bridgehead atoms. The number of carboxylic acid groups (broad SMARTS) is 1. The van der Waals surface area contributed by atoms with E-state index in [0.29, 0.717) is 10.8 Å². The molecule has 1 aromatic rings. The zero-order valence-corrected chi connectivity index (χ0v) is 10.7. The van der Waals surface area contributed by atoms with Gasteiger partial charge in [0.2, 0.25) is 0 Å². The predicted octanol–water partition coefficient (Wildman–Crippen LogP) is 1.33. The first-order valence-corrected chi connectivity index (χ1v) is 6.70. The van der Waals surface area contributed by atoms with Crippen molar-refractivity contribution in [3.05, 3.63) is 29.8 Å². The number of hydrogen-bond donors (Lipinski definition) is 2. The molecule has 0 saturated carbocycles. The van der Waals surface area contributed by atoms with Crippen LogP contribution in [0.15, 0.2) is 29.2 Å². The maximum Gasteiger partial charge on any atom is 0.321 e. The normalized spacial score (nSPS) is 14.6. The van der Waals surface area contributed by atoms with Gasteiger partial charge in [0.05, 0.1) is 16.6 Å². The Bertz CT molecular complexity index is 414. The van der Waals surface area contributed by atoms with E-state index >= 15 is 0 Å². The molecule has 0 fully saturated rings. The highest BCUT2D eigenvalue weighted by Crippen LogP contribution is 2.16. The van der Waals surface area contributed by atoms with Gasteiger partial charge >= 0.3 is 5.97 Å². The van der Waals surface area contributed by atoms with Crippen LogP contribution in [0.3, 0.4) is 0 Å². The third-order valence-electron chi connectivity index (χ3n) is 2.46. The van der Waals surface area contributed by atoms with E-state index in [0.717, 1.165) is 5.56 Å². The first-order valence-electron chi connectivity index (χ1n) is 5.38. The number of nitrogens with two attached hydrogens (primary N) is 1. The van der Waals surface area contributed by atoms with Gasteiger partial charge in [-0.15, -0.1) is 0 Å². The van der Waals surface area contributed by atoms with Crippen molar-refractivity contribution >= 4 is 16.8 Å².